The highest BCUT2D eigenvalue weighted by molar-refractivity contribution is 7.81. The summed E-state index contributed by atoms with van der Waals surface area (Å²) < 4.78 is 24.7. The maximum Gasteiger partial charge on any atom is 0.263 e. The quantitative estimate of drug-likeness (QED) is 0.602. The number of rotatable bonds is 2. The molecule has 0 fully saturated rings. The third kappa shape index (κ3) is 1.84. The molecule has 0 radical (unpaired) electrons. The third-order valence-corrected chi connectivity index (χ3v) is 1.84. The minimum absolute atomic E-state index is 0.653. The molecular weight excluding hydrogens is 154 g/mol. The van der Waals surface area contributed by atoms with Gasteiger partial charge >= 0.3 is 0 Å². The molecule has 0 spiro atoms. The van der Waals surface area contributed by atoms with E-state index in [1.54, 1.807) is 0 Å². The molecule has 0 saturated heterocycles. The van der Waals surface area contributed by atoms with Crippen molar-refractivity contribution in [2.75, 3.05) is 0 Å². The van der Waals surface area contributed by atoms with Gasteiger partial charge in [-0.25, -0.2) is 8.78 Å². The summed E-state index contributed by atoms with van der Waals surface area (Å²) in [6, 6.07) is 0. The molecule has 0 N–H and O–H groups in total. The van der Waals surface area contributed by atoms with Crippen LogP contribution in [0.15, 0.2) is 0 Å². The molecule has 0 unspecified atom stereocenters. The monoisotopic (exact) mass is 168 g/mol. The van der Waals surface area contributed by atoms with Crippen LogP contribution < -0.4 is 0 Å². The van der Waals surface area contributed by atoms with Crippen molar-refractivity contribution >= 4 is 12.6 Å². The average Bonchev–Trinajstić information content (AvgIpc) is 1.62. The van der Waals surface area contributed by atoms with Crippen molar-refractivity contribution in [1.29, 1.82) is 0 Å². The van der Waals surface area contributed by atoms with Gasteiger partial charge in [0.15, 0.2) is 0 Å². The molecule has 0 heterocycles. The maximum atomic E-state index is 13.0. The molecule has 62 valence electrons. The van der Waals surface area contributed by atoms with Gasteiger partial charge < -0.3 is 0 Å². The van der Waals surface area contributed by atoms with Gasteiger partial charge in [-0.1, -0.05) is 13.8 Å². The largest absolute Gasteiger partial charge is 0.263 e. The van der Waals surface area contributed by atoms with Gasteiger partial charge in [-0.3, -0.25) is 0 Å². The molecule has 0 saturated carbocycles. The second-order valence-electron chi connectivity index (χ2n) is 3.34. The Morgan fingerprint density at radius 2 is 1.50 bits per heavy atom. The van der Waals surface area contributed by atoms with Crippen LogP contribution in [0.25, 0.3) is 0 Å². The van der Waals surface area contributed by atoms with E-state index in [9.17, 15) is 8.78 Å². The SMILES string of the molecule is CC(C)C(F)(F)C(C)(C)S. The zero-order valence-corrected chi connectivity index (χ0v) is 7.67. The van der Waals surface area contributed by atoms with E-state index in [1.165, 1.54) is 27.7 Å². The summed E-state index contributed by atoms with van der Waals surface area (Å²) in [5.74, 6) is -3.35. The lowest BCUT2D eigenvalue weighted by atomic mass is 9.94. The molecule has 10 heavy (non-hydrogen) atoms. The maximum absolute atomic E-state index is 13.0. The molecule has 0 aromatic carbocycles. The first-order valence-corrected chi connectivity index (χ1v) is 3.74. The predicted octanol–water partition coefficient (Wildman–Crippen LogP) is 2.99. The molecule has 0 aliphatic rings. The minimum Gasteiger partial charge on any atom is -0.205 e. The molecule has 0 aromatic rings. The summed E-state index contributed by atoms with van der Waals surface area (Å²) in [4.78, 5) is 0. The second kappa shape index (κ2) is 2.68. The van der Waals surface area contributed by atoms with Gasteiger partial charge in [0.1, 0.15) is 0 Å². The number of hydrogen-bond acceptors (Lipinski definition) is 1. The van der Waals surface area contributed by atoms with Crippen LogP contribution in [0.5, 0.6) is 0 Å². The zero-order valence-electron chi connectivity index (χ0n) is 6.78. The highest BCUT2D eigenvalue weighted by atomic mass is 32.1. The fraction of sp³-hybridized carbons (Fsp3) is 1.00. The highest BCUT2D eigenvalue weighted by Crippen LogP contribution is 2.39. The lowest BCUT2D eigenvalue weighted by Gasteiger charge is -2.32. The molecule has 0 aliphatic heterocycles. The molecule has 0 nitrogen and oxygen atoms in total. The van der Waals surface area contributed by atoms with E-state index in [0.29, 0.717) is 0 Å². The van der Waals surface area contributed by atoms with Gasteiger partial charge in [0, 0.05) is 5.92 Å². The fourth-order valence-corrected chi connectivity index (χ4v) is 0.965. The van der Waals surface area contributed by atoms with E-state index in [2.05, 4.69) is 12.6 Å². The van der Waals surface area contributed by atoms with Gasteiger partial charge in [0.05, 0.1) is 4.75 Å². The first-order valence-electron chi connectivity index (χ1n) is 3.29. The van der Waals surface area contributed by atoms with Crippen LogP contribution in [-0.4, -0.2) is 10.7 Å². The molecular formula is C7H14F2S. The van der Waals surface area contributed by atoms with Crippen molar-refractivity contribution in [3.05, 3.63) is 0 Å². The van der Waals surface area contributed by atoms with Gasteiger partial charge in [-0.05, 0) is 13.8 Å². The van der Waals surface area contributed by atoms with Gasteiger partial charge in [0.2, 0.25) is 0 Å². The summed E-state index contributed by atoms with van der Waals surface area (Å²) >= 11 is 3.82. The Kier molecular flexibility index (Phi) is 2.74. The van der Waals surface area contributed by atoms with Crippen molar-refractivity contribution in [3.8, 4) is 0 Å². The minimum atomic E-state index is -2.70. The smallest absolute Gasteiger partial charge is 0.205 e. The Labute approximate surface area is 66.4 Å². The number of thiol groups is 1. The predicted molar refractivity (Wildman–Crippen MR) is 42.9 cm³/mol. The average molecular weight is 168 g/mol. The molecule has 0 rings (SSSR count). The Balaban J connectivity index is 4.40. The molecule has 3 heteroatoms. The zero-order chi connectivity index (χ0) is 8.58. The number of hydrogen-bond donors (Lipinski definition) is 1. The van der Waals surface area contributed by atoms with Crippen molar-refractivity contribution in [3.63, 3.8) is 0 Å². The first-order chi connectivity index (χ1) is 4.19. The summed E-state index contributed by atoms with van der Waals surface area (Å²) in [5, 5.41) is 0. The van der Waals surface area contributed by atoms with Crippen LogP contribution in [0.3, 0.4) is 0 Å². The third-order valence-electron chi connectivity index (χ3n) is 1.54. The lowest BCUT2D eigenvalue weighted by molar-refractivity contribution is -0.0701. The van der Waals surface area contributed by atoms with Gasteiger partial charge in [-0.2, -0.15) is 12.6 Å². The van der Waals surface area contributed by atoms with E-state index in [1.807, 2.05) is 0 Å². The van der Waals surface area contributed by atoms with Crippen molar-refractivity contribution in [2.45, 2.75) is 38.4 Å². The Morgan fingerprint density at radius 3 is 1.50 bits per heavy atom. The Hall–Kier alpha value is 0.210. The lowest BCUT2D eigenvalue weighted by Crippen LogP contribution is -2.42. The fourth-order valence-electron chi connectivity index (χ4n) is 0.706. The topological polar surface area (TPSA) is 0 Å². The second-order valence-corrected chi connectivity index (χ2v) is 4.45. The van der Waals surface area contributed by atoms with E-state index >= 15 is 0 Å². The van der Waals surface area contributed by atoms with E-state index in [0.717, 1.165) is 0 Å². The van der Waals surface area contributed by atoms with Crippen LogP contribution in [0.4, 0.5) is 8.78 Å². The first kappa shape index (κ1) is 10.2. The molecule has 0 aromatic heterocycles. The molecule has 0 aliphatic carbocycles. The van der Waals surface area contributed by atoms with E-state index in [-0.39, 0.29) is 0 Å². The number of alkyl halides is 2. The normalized spacial score (nSPS) is 14.4. The highest BCUT2D eigenvalue weighted by Gasteiger charge is 2.46. The van der Waals surface area contributed by atoms with Crippen LogP contribution >= 0.6 is 12.6 Å². The number of halogens is 2. The molecule has 0 bridgehead atoms. The van der Waals surface area contributed by atoms with Gasteiger partial charge in [-0.15, -0.1) is 0 Å². The van der Waals surface area contributed by atoms with Crippen molar-refractivity contribution in [2.24, 2.45) is 5.92 Å². The van der Waals surface area contributed by atoms with Crippen LogP contribution in [-0.2, 0) is 0 Å². The standard InChI is InChI=1S/C7H14F2S/c1-5(2)7(8,9)6(3,4)10/h5,10H,1-4H3. The van der Waals surface area contributed by atoms with Crippen LogP contribution in [0.2, 0.25) is 0 Å². The summed E-state index contributed by atoms with van der Waals surface area (Å²) in [7, 11) is 0. The summed E-state index contributed by atoms with van der Waals surface area (Å²) in [6.45, 7) is 5.85. The molecule has 0 amide bonds. The van der Waals surface area contributed by atoms with E-state index < -0.39 is 16.6 Å². The molecule has 0 atom stereocenters. The van der Waals surface area contributed by atoms with Gasteiger partial charge in [0.25, 0.3) is 5.92 Å². The summed E-state index contributed by atoms with van der Waals surface area (Å²) in [5.41, 5.74) is 0. The van der Waals surface area contributed by atoms with Crippen molar-refractivity contribution < 1.29 is 8.78 Å². The summed E-state index contributed by atoms with van der Waals surface area (Å²) in [6.07, 6.45) is 0. The van der Waals surface area contributed by atoms with Crippen LogP contribution in [0, 0.1) is 5.92 Å². The Morgan fingerprint density at radius 1 is 1.20 bits per heavy atom. The van der Waals surface area contributed by atoms with Crippen LogP contribution in [0.1, 0.15) is 27.7 Å². The Bertz CT molecular complexity index is 113. The van der Waals surface area contributed by atoms with Crippen molar-refractivity contribution in [1.82, 2.24) is 0 Å². The van der Waals surface area contributed by atoms with E-state index in [4.69, 9.17) is 0 Å².